The van der Waals surface area contributed by atoms with Crippen molar-refractivity contribution in [3.05, 3.63) is 52.3 Å². The van der Waals surface area contributed by atoms with Crippen LogP contribution in [0, 0.1) is 0 Å². The highest BCUT2D eigenvalue weighted by atomic mass is 35.5. The van der Waals surface area contributed by atoms with Crippen LogP contribution in [0.2, 0.25) is 10.0 Å². The lowest BCUT2D eigenvalue weighted by molar-refractivity contribution is 0.0948. The fraction of sp³-hybridized carbons (Fsp3) is 0.294. The van der Waals surface area contributed by atoms with Gasteiger partial charge in [-0.15, -0.1) is 0 Å². The summed E-state index contributed by atoms with van der Waals surface area (Å²) in [5.41, 5.74) is 1.83. The highest BCUT2D eigenvalue weighted by Crippen LogP contribution is 2.28. The first-order chi connectivity index (χ1) is 11.1. The molecule has 0 saturated heterocycles. The number of pyridine rings is 1. The molecular weight excluding hydrogens is 333 g/mol. The van der Waals surface area contributed by atoms with Crippen LogP contribution in [0.25, 0.3) is 0 Å². The number of benzene rings is 1. The molecule has 2 aromatic rings. The van der Waals surface area contributed by atoms with Gasteiger partial charge in [0.15, 0.2) is 0 Å². The monoisotopic (exact) mass is 351 g/mol. The van der Waals surface area contributed by atoms with Crippen molar-refractivity contribution in [1.82, 2.24) is 10.3 Å². The SMILES string of the molecule is CCCCCNC(=O)c1cc(Nc2ccc(Cl)cc2Cl)ccn1. The Hall–Kier alpha value is -1.78. The lowest BCUT2D eigenvalue weighted by Crippen LogP contribution is -2.25. The fourth-order valence-corrected chi connectivity index (χ4v) is 2.50. The number of amides is 1. The molecule has 2 N–H and O–H groups in total. The van der Waals surface area contributed by atoms with Gasteiger partial charge in [-0.05, 0) is 36.8 Å². The molecule has 0 aliphatic rings. The number of carbonyl (C=O) groups excluding carboxylic acids is 1. The van der Waals surface area contributed by atoms with Gasteiger partial charge in [-0.25, -0.2) is 0 Å². The maximum absolute atomic E-state index is 12.1. The van der Waals surface area contributed by atoms with Gasteiger partial charge < -0.3 is 10.6 Å². The summed E-state index contributed by atoms with van der Waals surface area (Å²) in [4.78, 5) is 16.2. The van der Waals surface area contributed by atoms with E-state index >= 15 is 0 Å². The Morgan fingerprint density at radius 2 is 2.00 bits per heavy atom. The van der Waals surface area contributed by atoms with E-state index < -0.39 is 0 Å². The minimum absolute atomic E-state index is 0.174. The number of rotatable bonds is 7. The Labute approximate surface area is 146 Å². The van der Waals surface area contributed by atoms with E-state index in [-0.39, 0.29) is 5.91 Å². The van der Waals surface area contributed by atoms with Crippen LogP contribution >= 0.6 is 23.2 Å². The highest BCUT2D eigenvalue weighted by Gasteiger charge is 2.08. The zero-order chi connectivity index (χ0) is 16.7. The Morgan fingerprint density at radius 1 is 1.17 bits per heavy atom. The van der Waals surface area contributed by atoms with Crippen LogP contribution in [0.4, 0.5) is 11.4 Å². The number of nitrogens with zero attached hydrogens (tertiary/aromatic N) is 1. The van der Waals surface area contributed by atoms with Crippen LogP contribution < -0.4 is 10.6 Å². The number of nitrogens with one attached hydrogen (secondary N) is 2. The summed E-state index contributed by atoms with van der Waals surface area (Å²) in [6.45, 7) is 2.79. The average Bonchev–Trinajstić information content (AvgIpc) is 2.54. The predicted molar refractivity (Wildman–Crippen MR) is 95.8 cm³/mol. The van der Waals surface area contributed by atoms with Gasteiger partial charge in [-0.3, -0.25) is 9.78 Å². The summed E-state index contributed by atoms with van der Waals surface area (Å²) in [6, 6.07) is 8.67. The van der Waals surface area contributed by atoms with Crippen LogP contribution in [0.1, 0.15) is 36.7 Å². The number of anilines is 2. The molecule has 0 saturated carbocycles. The standard InChI is InChI=1S/C17H19Cl2N3O/c1-2-3-4-8-21-17(23)16-11-13(7-9-20-16)22-15-6-5-12(18)10-14(15)19/h5-7,9-11H,2-4,8H2,1H3,(H,20,22)(H,21,23). The Kier molecular flexibility index (Phi) is 6.68. The average molecular weight is 352 g/mol. The number of halogens is 2. The van der Waals surface area contributed by atoms with Crippen molar-refractivity contribution in [3.8, 4) is 0 Å². The summed E-state index contributed by atoms with van der Waals surface area (Å²) >= 11 is 12.0. The van der Waals surface area contributed by atoms with E-state index in [2.05, 4.69) is 22.5 Å². The topological polar surface area (TPSA) is 54.0 Å². The van der Waals surface area contributed by atoms with E-state index in [9.17, 15) is 4.79 Å². The lowest BCUT2D eigenvalue weighted by atomic mass is 10.2. The van der Waals surface area contributed by atoms with Gasteiger partial charge in [0.2, 0.25) is 0 Å². The minimum atomic E-state index is -0.174. The molecule has 1 amide bonds. The number of unbranched alkanes of at least 4 members (excludes halogenated alkanes) is 2. The van der Waals surface area contributed by atoms with Crippen molar-refractivity contribution >= 4 is 40.5 Å². The maximum Gasteiger partial charge on any atom is 0.269 e. The smallest absolute Gasteiger partial charge is 0.269 e. The first-order valence-electron chi connectivity index (χ1n) is 7.56. The molecule has 4 nitrogen and oxygen atoms in total. The zero-order valence-electron chi connectivity index (χ0n) is 12.9. The Balaban J connectivity index is 2.03. The summed E-state index contributed by atoms with van der Waals surface area (Å²) in [5.74, 6) is -0.174. The number of carbonyl (C=O) groups is 1. The van der Waals surface area contributed by atoms with Crippen molar-refractivity contribution in [2.45, 2.75) is 26.2 Å². The van der Waals surface area contributed by atoms with Gasteiger partial charge in [-0.2, -0.15) is 0 Å². The van der Waals surface area contributed by atoms with E-state index in [0.717, 1.165) is 30.6 Å². The number of aromatic nitrogens is 1. The predicted octanol–water partition coefficient (Wildman–Crippen LogP) is 5.05. The largest absolute Gasteiger partial charge is 0.354 e. The van der Waals surface area contributed by atoms with E-state index in [1.54, 1.807) is 36.5 Å². The molecule has 0 fully saturated rings. The molecule has 0 aliphatic carbocycles. The van der Waals surface area contributed by atoms with Gasteiger partial charge in [0.1, 0.15) is 5.69 Å². The minimum Gasteiger partial charge on any atom is -0.354 e. The summed E-state index contributed by atoms with van der Waals surface area (Å²) in [7, 11) is 0. The summed E-state index contributed by atoms with van der Waals surface area (Å²) < 4.78 is 0. The third kappa shape index (κ3) is 5.41. The van der Waals surface area contributed by atoms with Crippen molar-refractivity contribution in [2.75, 3.05) is 11.9 Å². The van der Waals surface area contributed by atoms with E-state index in [1.807, 2.05) is 0 Å². The molecule has 0 radical (unpaired) electrons. The Morgan fingerprint density at radius 3 is 2.74 bits per heavy atom. The van der Waals surface area contributed by atoms with Gasteiger partial charge in [-0.1, -0.05) is 43.0 Å². The fourth-order valence-electron chi connectivity index (χ4n) is 2.05. The van der Waals surface area contributed by atoms with Gasteiger partial charge in [0, 0.05) is 23.5 Å². The quantitative estimate of drug-likeness (QED) is 0.686. The molecule has 0 atom stereocenters. The molecule has 0 aliphatic heterocycles. The molecule has 0 spiro atoms. The van der Waals surface area contributed by atoms with Crippen LogP contribution in [0.3, 0.4) is 0 Å². The van der Waals surface area contributed by atoms with Gasteiger partial charge in [0.25, 0.3) is 5.91 Å². The molecule has 122 valence electrons. The molecule has 1 aromatic heterocycles. The second-order valence-electron chi connectivity index (χ2n) is 5.14. The highest BCUT2D eigenvalue weighted by molar-refractivity contribution is 6.36. The van der Waals surface area contributed by atoms with Crippen LogP contribution in [-0.4, -0.2) is 17.4 Å². The third-order valence-corrected chi connectivity index (χ3v) is 3.82. The number of hydrogen-bond acceptors (Lipinski definition) is 3. The third-order valence-electron chi connectivity index (χ3n) is 3.27. The zero-order valence-corrected chi connectivity index (χ0v) is 14.4. The van der Waals surface area contributed by atoms with Gasteiger partial charge in [0.05, 0.1) is 10.7 Å². The van der Waals surface area contributed by atoms with Crippen molar-refractivity contribution in [1.29, 1.82) is 0 Å². The second-order valence-corrected chi connectivity index (χ2v) is 5.99. The molecule has 0 unspecified atom stereocenters. The first kappa shape index (κ1) is 17.6. The molecule has 1 heterocycles. The molecule has 0 bridgehead atoms. The molecular formula is C17H19Cl2N3O. The van der Waals surface area contributed by atoms with Crippen LogP contribution in [0.15, 0.2) is 36.5 Å². The molecule has 2 rings (SSSR count). The van der Waals surface area contributed by atoms with Gasteiger partial charge >= 0.3 is 0 Å². The Bertz CT molecular complexity index is 677. The van der Waals surface area contributed by atoms with E-state index in [1.165, 1.54) is 0 Å². The van der Waals surface area contributed by atoms with Crippen molar-refractivity contribution in [3.63, 3.8) is 0 Å². The van der Waals surface area contributed by atoms with E-state index in [0.29, 0.717) is 22.3 Å². The molecule has 1 aromatic carbocycles. The van der Waals surface area contributed by atoms with Crippen molar-refractivity contribution < 1.29 is 4.79 Å². The number of hydrogen-bond donors (Lipinski definition) is 2. The summed E-state index contributed by atoms with van der Waals surface area (Å²) in [5, 5.41) is 7.12. The van der Waals surface area contributed by atoms with Crippen LogP contribution in [-0.2, 0) is 0 Å². The molecule has 6 heteroatoms. The van der Waals surface area contributed by atoms with Crippen molar-refractivity contribution in [2.24, 2.45) is 0 Å². The van der Waals surface area contributed by atoms with Crippen LogP contribution in [0.5, 0.6) is 0 Å². The summed E-state index contributed by atoms with van der Waals surface area (Å²) in [6.07, 6.45) is 4.79. The van der Waals surface area contributed by atoms with E-state index in [4.69, 9.17) is 23.2 Å². The lowest BCUT2D eigenvalue weighted by Gasteiger charge is -2.10. The maximum atomic E-state index is 12.1. The normalized spacial score (nSPS) is 10.4. The second kappa shape index (κ2) is 8.75. The first-order valence-corrected chi connectivity index (χ1v) is 8.32. The molecule has 23 heavy (non-hydrogen) atoms.